The number of aryl methyl sites for hydroxylation is 1. The van der Waals surface area contributed by atoms with Crippen LogP contribution >= 0.6 is 27.7 Å². The SMILES string of the molecule is Cc1cccc(Sc2oc3ccccc3c2Br)c1. The molecule has 0 N–H and O–H groups in total. The smallest absolute Gasteiger partial charge is 0.180 e. The van der Waals surface area contributed by atoms with Gasteiger partial charge in [0.15, 0.2) is 5.09 Å². The van der Waals surface area contributed by atoms with Crippen molar-refractivity contribution in [1.82, 2.24) is 0 Å². The minimum Gasteiger partial charge on any atom is -0.448 e. The van der Waals surface area contributed by atoms with Gasteiger partial charge in [-0.1, -0.05) is 41.6 Å². The van der Waals surface area contributed by atoms with Gasteiger partial charge < -0.3 is 4.42 Å². The maximum atomic E-state index is 5.86. The molecule has 1 aromatic heterocycles. The zero-order valence-corrected chi connectivity index (χ0v) is 12.2. The number of rotatable bonds is 2. The van der Waals surface area contributed by atoms with E-state index in [-0.39, 0.29) is 0 Å². The van der Waals surface area contributed by atoms with Crippen molar-refractivity contribution in [2.24, 2.45) is 0 Å². The highest BCUT2D eigenvalue weighted by Gasteiger charge is 2.12. The molecule has 0 aliphatic heterocycles. The van der Waals surface area contributed by atoms with Crippen molar-refractivity contribution in [3.63, 3.8) is 0 Å². The van der Waals surface area contributed by atoms with E-state index in [0.29, 0.717) is 0 Å². The molecule has 18 heavy (non-hydrogen) atoms. The Morgan fingerprint density at radius 1 is 1.06 bits per heavy atom. The minimum absolute atomic E-state index is 0.904. The van der Waals surface area contributed by atoms with Crippen LogP contribution < -0.4 is 0 Å². The van der Waals surface area contributed by atoms with Crippen LogP contribution in [0.2, 0.25) is 0 Å². The summed E-state index contributed by atoms with van der Waals surface area (Å²) in [6.07, 6.45) is 0. The van der Waals surface area contributed by atoms with Gasteiger partial charge in [-0.05, 0) is 47.1 Å². The number of para-hydroxylation sites is 1. The summed E-state index contributed by atoms with van der Waals surface area (Å²) in [6, 6.07) is 16.5. The molecule has 0 bridgehead atoms. The zero-order chi connectivity index (χ0) is 12.5. The second kappa shape index (κ2) is 4.82. The Kier molecular flexibility index (Phi) is 3.18. The van der Waals surface area contributed by atoms with Gasteiger partial charge in [0.1, 0.15) is 5.58 Å². The van der Waals surface area contributed by atoms with Crippen LogP contribution in [0, 0.1) is 6.92 Å². The van der Waals surface area contributed by atoms with E-state index < -0.39 is 0 Å². The van der Waals surface area contributed by atoms with Crippen molar-refractivity contribution < 1.29 is 4.42 Å². The van der Waals surface area contributed by atoms with E-state index in [1.807, 2.05) is 18.2 Å². The quantitative estimate of drug-likeness (QED) is 0.605. The van der Waals surface area contributed by atoms with Gasteiger partial charge in [0.25, 0.3) is 0 Å². The van der Waals surface area contributed by atoms with E-state index >= 15 is 0 Å². The fraction of sp³-hybridized carbons (Fsp3) is 0.0667. The molecule has 0 fully saturated rings. The fourth-order valence-electron chi connectivity index (χ4n) is 1.84. The second-order valence-corrected chi connectivity index (χ2v) is 5.96. The van der Waals surface area contributed by atoms with Gasteiger partial charge in [0.2, 0.25) is 0 Å². The maximum absolute atomic E-state index is 5.86. The Morgan fingerprint density at radius 2 is 1.89 bits per heavy atom. The summed E-state index contributed by atoms with van der Waals surface area (Å²) >= 11 is 5.25. The van der Waals surface area contributed by atoms with Gasteiger partial charge in [-0.15, -0.1) is 0 Å². The zero-order valence-electron chi connectivity index (χ0n) is 9.81. The molecule has 0 atom stereocenters. The molecule has 0 aliphatic rings. The lowest BCUT2D eigenvalue weighted by Crippen LogP contribution is -1.74. The van der Waals surface area contributed by atoms with Gasteiger partial charge in [-0.3, -0.25) is 0 Å². The molecule has 90 valence electrons. The molecule has 1 nitrogen and oxygen atoms in total. The lowest BCUT2D eigenvalue weighted by molar-refractivity contribution is 0.511. The average Bonchev–Trinajstić information content (AvgIpc) is 2.67. The molecule has 0 spiro atoms. The molecule has 3 aromatic rings. The first-order valence-electron chi connectivity index (χ1n) is 5.65. The van der Waals surface area contributed by atoms with Crippen molar-refractivity contribution in [3.05, 3.63) is 58.6 Å². The molecule has 1 heterocycles. The van der Waals surface area contributed by atoms with E-state index in [1.54, 1.807) is 11.8 Å². The fourth-order valence-corrected chi connectivity index (χ4v) is 3.43. The second-order valence-electron chi connectivity index (χ2n) is 4.12. The van der Waals surface area contributed by atoms with E-state index in [0.717, 1.165) is 20.5 Å². The molecule has 0 aliphatic carbocycles. The van der Waals surface area contributed by atoms with Crippen LogP contribution in [0.25, 0.3) is 11.0 Å². The van der Waals surface area contributed by atoms with Gasteiger partial charge in [-0.25, -0.2) is 0 Å². The van der Waals surface area contributed by atoms with Crippen LogP contribution in [0.3, 0.4) is 0 Å². The van der Waals surface area contributed by atoms with E-state index in [9.17, 15) is 0 Å². The normalized spacial score (nSPS) is 11.0. The lowest BCUT2D eigenvalue weighted by atomic mass is 10.2. The van der Waals surface area contributed by atoms with Crippen LogP contribution in [0.15, 0.2) is 67.4 Å². The van der Waals surface area contributed by atoms with Gasteiger partial charge in [0.05, 0.1) is 4.47 Å². The Bertz CT molecular complexity index is 703. The van der Waals surface area contributed by atoms with E-state index in [4.69, 9.17) is 4.42 Å². The topological polar surface area (TPSA) is 13.1 Å². The van der Waals surface area contributed by atoms with Gasteiger partial charge in [-0.2, -0.15) is 0 Å². The molecule has 0 radical (unpaired) electrons. The highest BCUT2D eigenvalue weighted by molar-refractivity contribution is 9.10. The van der Waals surface area contributed by atoms with Crippen molar-refractivity contribution in [3.8, 4) is 0 Å². The van der Waals surface area contributed by atoms with Crippen LogP contribution in [0.1, 0.15) is 5.56 Å². The largest absolute Gasteiger partial charge is 0.448 e. The number of benzene rings is 2. The molecule has 2 aromatic carbocycles. The molecule has 0 amide bonds. The van der Waals surface area contributed by atoms with Crippen molar-refractivity contribution in [2.75, 3.05) is 0 Å². The first-order valence-corrected chi connectivity index (χ1v) is 7.26. The summed E-state index contributed by atoms with van der Waals surface area (Å²) in [6.45, 7) is 2.09. The minimum atomic E-state index is 0.904. The van der Waals surface area contributed by atoms with E-state index in [1.165, 1.54) is 10.5 Å². The van der Waals surface area contributed by atoms with Crippen LogP contribution in [-0.2, 0) is 0 Å². The summed E-state index contributed by atoms with van der Waals surface area (Å²) in [5.74, 6) is 0. The molecule has 3 rings (SSSR count). The van der Waals surface area contributed by atoms with Crippen LogP contribution in [0.5, 0.6) is 0 Å². The third-order valence-corrected chi connectivity index (χ3v) is 4.72. The molecule has 3 heteroatoms. The van der Waals surface area contributed by atoms with Crippen molar-refractivity contribution >= 4 is 38.7 Å². The first-order chi connectivity index (χ1) is 8.74. The summed E-state index contributed by atoms with van der Waals surface area (Å²) in [5, 5.41) is 2.02. The lowest BCUT2D eigenvalue weighted by Gasteiger charge is -1.99. The van der Waals surface area contributed by atoms with Gasteiger partial charge >= 0.3 is 0 Å². The predicted molar refractivity (Wildman–Crippen MR) is 79.2 cm³/mol. The number of hydrogen-bond donors (Lipinski definition) is 0. The van der Waals surface area contributed by atoms with E-state index in [2.05, 4.69) is 53.2 Å². The average molecular weight is 319 g/mol. The Balaban J connectivity index is 2.02. The third-order valence-electron chi connectivity index (χ3n) is 2.71. The molecule has 0 saturated heterocycles. The number of furan rings is 1. The highest BCUT2D eigenvalue weighted by Crippen LogP contribution is 2.40. The summed E-state index contributed by atoms with van der Waals surface area (Å²) in [5.41, 5.74) is 2.17. The van der Waals surface area contributed by atoms with Crippen LogP contribution in [-0.4, -0.2) is 0 Å². The highest BCUT2D eigenvalue weighted by atomic mass is 79.9. The maximum Gasteiger partial charge on any atom is 0.180 e. The number of fused-ring (bicyclic) bond motifs is 1. The number of hydrogen-bond acceptors (Lipinski definition) is 2. The van der Waals surface area contributed by atoms with Gasteiger partial charge in [0, 0.05) is 10.3 Å². The molecular weight excluding hydrogens is 308 g/mol. The standard InChI is InChI=1S/C15H11BrOS/c1-10-5-4-6-11(9-10)18-15-14(16)12-7-2-3-8-13(12)17-15/h2-9H,1H3. The molecular formula is C15H11BrOS. The van der Waals surface area contributed by atoms with Crippen molar-refractivity contribution in [2.45, 2.75) is 16.9 Å². The Morgan fingerprint density at radius 3 is 2.67 bits per heavy atom. The van der Waals surface area contributed by atoms with Crippen LogP contribution in [0.4, 0.5) is 0 Å². The molecule has 0 saturated carbocycles. The first kappa shape index (κ1) is 11.9. The predicted octanol–water partition coefficient (Wildman–Crippen LogP) is 5.65. The number of halogens is 1. The Labute approximate surface area is 118 Å². The third kappa shape index (κ3) is 2.20. The molecule has 0 unspecified atom stereocenters. The summed E-state index contributed by atoms with van der Waals surface area (Å²) in [7, 11) is 0. The Hall–Kier alpha value is -1.19. The summed E-state index contributed by atoms with van der Waals surface area (Å²) in [4.78, 5) is 1.19. The van der Waals surface area contributed by atoms with Crippen molar-refractivity contribution in [1.29, 1.82) is 0 Å². The monoisotopic (exact) mass is 318 g/mol. The summed E-state index contributed by atoms with van der Waals surface area (Å²) < 4.78 is 6.89.